The number of hydrogen-bond donors (Lipinski definition) is 2. The Morgan fingerprint density at radius 2 is 2.05 bits per heavy atom. The van der Waals surface area contributed by atoms with E-state index in [-0.39, 0.29) is 17.9 Å². The van der Waals surface area contributed by atoms with Crippen LogP contribution in [0.25, 0.3) is 0 Å². The Bertz CT molecular complexity index is 642. The summed E-state index contributed by atoms with van der Waals surface area (Å²) < 4.78 is 11.2. The molecule has 2 N–H and O–H groups in total. The fraction of sp³-hybridized carbons (Fsp3) is 0.294. The third-order valence-electron chi connectivity index (χ3n) is 3.94. The second-order valence-electron chi connectivity index (χ2n) is 5.15. The van der Waals surface area contributed by atoms with Gasteiger partial charge in [-0.2, -0.15) is 0 Å². The van der Waals surface area contributed by atoms with E-state index in [2.05, 4.69) is 11.4 Å². The monoisotopic (exact) mass is 285 g/mol. The molecule has 2 aromatic rings. The maximum absolute atomic E-state index is 9.94. The summed E-state index contributed by atoms with van der Waals surface area (Å²) in [6.45, 7) is 0. The van der Waals surface area contributed by atoms with Crippen LogP contribution < -0.4 is 14.8 Å². The Balaban J connectivity index is 1.93. The summed E-state index contributed by atoms with van der Waals surface area (Å²) >= 11 is 0. The van der Waals surface area contributed by atoms with E-state index in [0.717, 1.165) is 17.7 Å². The molecule has 110 valence electrons. The lowest BCUT2D eigenvalue weighted by atomic mass is 9.93. The van der Waals surface area contributed by atoms with E-state index in [0.29, 0.717) is 5.75 Å². The third-order valence-corrected chi connectivity index (χ3v) is 3.94. The van der Waals surface area contributed by atoms with E-state index >= 15 is 0 Å². The molecule has 0 amide bonds. The number of aromatic hydroxyl groups is 1. The Kier molecular flexibility index (Phi) is 3.71. The molecular weight excluding hydrogens is 266 g/mol. The van der Waals surface area contributed by atoms with Gasteiger partial charge in [0.25, 0.3) is 0 Å². The van der Waals surface area contributed by atoms with Gasteiger partial charge >= 0.3 is 0 Å². The minimum Gasteiger partial charge on any atom is -0.504 e. The SMILES string of the molecule is CNC1CC(c2ccc(OC)c(O)c2)Oc2ccccc21. The van der Waals surface area contributed by atoms with Crippen LogP contribution in [0.5, 0.6) is 17.2 Å². The van der Waals surface area contributed by atoms with Crippen molar-refractivity contribution >= 4 is 0 Å². The largest absolute Gasteiger partial charge is 0.504 e. The molecule has 0 saturated heterocycles. The number of phenolic OH excluding ortho intramolecular Hbond substituents is 1. The van der Waals surface area contributed by atoms with E-state index in [1.807, 2.05) is 31.3 Å². The van der Waals surface area contributed by atoms with Crippen molar-refractivity contribution in [2.45, 2.75) is 18.6 Å². The van der Waals surface area contributed by atoms with Gasteiger partial charge in [0, 0.05) is 18.0 Å². The highest BCUT2D eigenvalue weighted by molar-refractivity contribution is 5.44. The molecule has 0 bridgehead atoms. The van der Waals surface area contributed by atoms with Crippen molar-refractivity contribution in [2.24, 2.45) is 0 Å². The van der Waals surface area contributed by atoms with Crippen molar-refractivity contribution in [2.75, 3.05) is 14.2 Å². The second-order valence-corrected chi connectivity index (χ2v) is 5.15. The fourth-order valence-corrected chi connectivity index (χ4v) is 2.80. The summed E-state index contributed by atoms with van der Waals surface area (Å²) in [5, 5.41) is 13.3. The lowest BCUT2D eigenvalue weighted by Crippen LogP contribution is -2.26. The molecule has 4 heteroatoms. The molecule has 0 aliphatic carbocycles. The zero-order valence-corrected chi connectivity index (χ0v) is 12.2. The Labute approximate surface area is 124 Å². The van der Waals surface area contributed by atoms with Gasteiger partial charge in [-0.25, -0.2) is 0 Å². The van der Waals surface area contributed by atoms with E-state index in [1.165, 1.54) is 5.56 Å². The molecule has 2 unspecified atom stereocenters. The summed E-state index contributed by atoms with van der Waals surface area (Å²) in [7, 11) is 3.49. The molecule has 1 aliphatic heterocycles. The highest BCUT2D eigenvalue weighted by Gasteiger charge is 2.28. The van der Waals surface area contributed by atoms with Crippen molar-refractivity contribution in [3.05, 3.63) is 53.6 Å². The molecule has 21 heavy (non-hydrogen) atoms. The molecule has 0 radical (unpaired) electrons. The van der Waals surface area contributed by atoms with E-state index in [9.17, 15) is 5.11 Å². The minimum atomic E-state index is -0.0887. The van der Waals surface area contributed by atoms with Crippen LogP contribution in [0.3, 0.4) is 0 Å². The lowest BCUT2D eigenvalue weighted by molar-refractivity contribution is 0.153. The fourth-order valence-electron chi connectivity index (χ4n) is 2.80. The molecule has 2 aromatic carbocycles. The van der Waals surface area contributed by atoms with Crippen molar-refractivity contribution in [1.82, 2.24) is 5.32 Å². The van der Waals surface area contributed by atoms with E-state index < -0.39 is 0 Å². The number of benzene rings is 2. The Morgan fingerprint density at radius 1 is 1.24 bits per heavy atom. The van der Waals surface area contributed by atoms with Gasteiger partial charge in [0.1, 0.15) is 11.9 Å². The quantitative estimate of drug-likeness (QED) is 0.909. The Hall–Kier alpha value is -2.20. The maximum atomic E-state index is 9.94. The average molecular weight is 285 g/mol. The number of methoxy groups -OCH3 is 1. The zero-order chi connectivity index (χ0) is 14.8. The van der Waals surface area contributed by atoms with Crippen LogP contribution in [0.4, 0.5) is 0 Å². The third kappa shape index (κ3) is 2.54. The van der Waals surface area contributed by atoms with Gasteiger partial charge in [-0.1, -0.05) is 24.3 Å². The zero-order valence-electron chi connectivity index (χ0n) is 12.2. The number of phenols is 1. The number of fused-ring (bicyclic) bond motifs is 1. The molecule has 0 fully saturated rings. The summed E-state index contributed by atoms with van der Waals surface area (Å²) in [4.78, 5) is 0. The smallest absolute Gasteiger partial charge is 0.160 e. The summed E-state index contributed by atoms with van der Waals surface area (Å²) in [6, 6.07) is 13.7. The molecule has 0 spiro atoms. The molecule has 4 nitrogen and oxygen atoms in total. The Morgan fingerprint density at radius 3 is 2.76 bits per heavy atom. The van der Waals surface area contributed by atoms with Crippen LogP contribution in [-0.2, 0) is 0 Å². The normalized spacial score (nSPS) is 20.5. The standard InChI is InChI=1S/C17H19NO3/c1-18-13-10-17(21-15-6-4-3-5-12(13)15)11-7-8-16(20-2)14(19)9-11/h3-9,13,17-19H,10H2,1-2H3. The highest BCUT2D eigenvalue weighted by Crippen LogP contribution is 2.41. The van der Waals surface area contributed by atoms with Gasteiger partial charge in [0.2, 0.25) is 0 Å². The van der Waals surface area contributed by atoms with Crippen LogP contribution in [0.1, 0.15) is 29.7 Å². The lowest BCUT2D eigenvalue weighted by Gasteiger charge is -2.32. The van der Waals surface area contributed by atoms with Gasteiger partial charge in [-0.3, -0.25) is 0 Å². The molecule has 0 saturated carbocycles. The summed E-state index contributed by atoms with van der Waals surface area (Å²) in [5.41, 5.74) is 2.12. The number of hydrogen-bond acceptors (Lipinski definition) is 4. The van der Waals surface area contributed by atoms with Crippen LogP contribution in [0.15, 0.2) is 42.5 Å². The highest BCUT2D eigenvalue weighted by atomic mass is 16.5. The van der Waals surface area contributed by atoms with Crippen molar-refractivity contribution in [3.8, 4) is 17.2 Å². The number of ether oxygens (including phenoxy) is 2. The van der Waals surface area contributed by atoms with E-state index in [4.69, 9.17) is 9.47 Å². The van der Waals surface area contributed by atoms with Gasteiger partial charge in [-0.15, -0.1) is 0 Å². The summed E-state index contributed by atoms with van der Waals surface area (Å²) in [6.07, 6.45) is 0.730. The first kappa shape index (κ1) is 13.8. The summed E-state index contributed by atoms with van der Waals surface area (Å²) in [5.74, 6) is 1.50. The predicted octanol–water partition coefficient (Wildman–Crippen LogP) is 3.19. The number of rotatable bonds is 3. The van der Waals surface area contributed by atoms with Crippen LogP contribution in [-0.4, -0.2) is 19.3 Å². The minimum absolute atomic E-state index is 0.0887. The van der Waals surface area contributed by atoms with Gasteiger partial charge < -0.3 is 19.9 Å². The predicted molar refractivity (Wildman–Crippen MR) is 80.9 cm³/mol. The topological polar surface area (TPSA) is 50.7 Å². The van der Waals surface area contributed by atoms with Crippen molar-refractivity contribution in [3.63, 3.8) is 0 Å². The van der Waals surface area contributed by atoms with Gasteiger partial charge in [0.15, 0.2) is 11.5 Å². The molecule has 0 aromatic heterocycles. The van der Waals surface area contributed by atoms with Gasteiger partial charge in [-0.05, 0) is 30.8 Å². The van der Waals surface area contributed by atoms with Crippen molar-refractivity contribution < 1.29 is 14.6 Å². The second kappa shape index (κ2) is 5.66. The van der Waals surface area contributed by atoms with Crippen molar-refractivity contribution in [1.29, 1.82) is 0 Å². The first-order chi connectivity index (χ1) is 10.2. The van der Waals surface area contributed by atoms with E-state index in [1.54, 1.807) is 19.2 Å². The molecule has 1 aliphatic rings. The first-order valence-corrected chi connectivity index (χ1v) is 7.02. The van der Waals surface area contributed by atoms with Crippen LogP contribution >= 0.6 is 0 Å². The molecule has 2 atom stereocenters. The average Bonchev–Trinajstić information content (AvgIpc) is 2.53. The molecule has 1 heterocycles. The maximum Gasteiger partial charge on any atom is 0.160 e. The number of para-hydroxylation sites is 1. The molecule has 3 rings (SSSR count). The number of nitrogens with one attached hydrogen (secondary N) is 1. The van der Waals surface area contributed by atoms with Crippen LogP contribution in [0.2, 0.25) is 0 Å². The molecular formula is C17H19NO3. The van der Waals surface area contributed by atoms with Crippen LogP contribution in [0, 0.1) is 0 Å². The van der Waals surface area contributed by atoms with Gasteiger partial charge in [0.05, 0.1) is 7.11 Å². The first-order valence-electron chi connectivity index (χ1n) is 7.02.